The van der Waals surface area contributed by atoms with Crippen LogP contribution in [0.5, 0.6) is 0 Å². The molecule has 1 saturated carbocycles. The van der Waals surface area contributed by atoms with Gasteiger partial charge in [0.2, 0.25) is 0 Å². The fourth-order valence-electron chi connectivity index (χ4n) is 3.07. The van der Waals surface area contributed by atoms with Gasteiger partial charge in [0, 0.05) is 32.1 Å². The van der Waals surface area contributed by atoms with E-state index < -0.39 is 0 Å². The first-order chi connectivity index (χ1) is 11.7. The lowest BCUT2D eigenvalue weighted by Crippen LogP contribution is -2.49. The molecule has 1 amide bonds. The molecule has 0 N–H and O–H groups in total. The number of hydrogen-bond donors (Lipinski definition) is 0. The van der Waals surface area contributed by atoms with E-state index in [0.29, 0.717) is 43.5 Å². The van der Waals surface area contributed by atoms with Gasteiger partial charge in [-0.2, -0.15) is 5.10 Å². The molecular weight excluding hydrogens is 307 g/mol. The topological polar surface area (TPSA) is 49.3 Å². The van der Waals surface area contributed by atoms with E-state index in [1.165, 1.54) is 18.9 Å². The van der Waals surface area contributed by atoms with Crippen LogP contribution in [-0.2, 0) is 0 Å². The summed E-state index contributed by atoms with van der Waals surface area (Å²) in [7, 11) is 0. The van der Waals surface area contributed by atoms with E-state index in [1.807, 2.05) is 17.0 Å². The van der Waals surface area contributed by atoms with Gasteiger partial charge in [0.1, 0.15) is 5.82 Å². The lowest BCUT2D eigenvalue weighted by Gasteiger charge is -2.36. The van der Waals surface area contributed by atoms with E-state index >= 15 is 0 Å². The maximum atomic E-state index is 13.9. The van der Waals surface area contributed by atoms with Crippen molar-refractivity contribution in [3.63, 3.8) is 0 Å². The molecule has 2 fully saturated rings. The van der Waals surface area contributed by atoms with Gasteiger partial charge in [-0.25, -0.2) is 4.39 Å². The molecule has 0 atom stereocenters. The largest absolute Gasteiger partial charge is 0.366 e. The van der Waals surface area contributed by atoms with Crippen molar-refractivity contribution in [2.24, 2.45) is 0 Å². The third kappa shape index (κ3) is 2.96. The molecule has 2 heterocycles. The van der Waals surface area contributed by atoms with Crippen molar-refractivity contribution in [3.05, 3.63) is 53.6 Å². The Bertz CT molecular complexity index is 737. The van der Waals surface area contributed by atoms with Crippen LogP contribution in [0.2, 0.25) is 0 Å². The Balaban J connectivity index is 1.40. The zero-order valence-corrected chi connectivity index (χ0v) is 13.4. The molecule has 24 heavy (non-hydrogen) atoms. The van der Waals surface area contributed by atoms with Crippen molar-refractivity contribution in [3.8, 4) is 0 Å². The zero-order chi connectivity index (χ0) is 16.5. The maximum absolute atomic E-state index is 13.9. The average Bonchev–Trinajstić information content (AvgIpc) is 3.47. The average molecular weight is 326 g/mol. The number of amides is 1. The van der Waals surface area contributed by atoms with Crippen LogP contribution in [-0.4, -0.2) is 47.2 Å². The van der Waals surface area contributed by atoms with Gasteiger partial charge in [-0.05, 0) is 37.1 Å². The summed E-state index contributed by atoms with van der Waals surface area (Å²) in [5.74, 6) is 0.211. The Labute approximate surface area is 140 Å². The highest BCUT2D eigenvalue weighted by Crippen LogP contribution is 2.38. The first-order valence-electron chi connectivity index (χ1n) is 8.35. The molecule has 6 heteroatoms. The number of nitrogens with zero attached hydrogens (tertiary/aromatic N) is 4. The Morgan fingerprint density at radius 1 is 1.00 bits per heavy atom. The molecule has 0 spiro atoms. The molecule has 1 aromatic heterocycles. The summed E-state index contributed by atoms with van der Waals surface area (Å²) in [6, 6.07) is 10.4. The summed E-state index contributed by atoms with van der Waals surface area (Å²) in [5.41, 5.74) is 1.97. The highest BCUT2D eigenvalue weighted by Gasteiger charge is 2.27. The molecule has 5 nitrogen and oxygen atoms in total. The van der Waals surface area contributed by atoms with Crippen LogP contribution in [0.25, 0.3) is 0 Å². The monoisotopic (exact) mass is 326 g/mol. The first kappa shape index (κ1) is 15.1. The number of hydrogen-bond acceptors (Lipinski definition) is 4. The smallest absolute Gasteiger partial charge is 0.274 e. The minimum absolute atomic E-state index is 0.0990. The summed E-state index contributed by atoms with van der Waals surface area (Å²) < 4.78 is 13.9. The van der Waals surface area contributed by atoms with Crippen LogP contribution < -0.4 is 4.90 Å². The van der Waals surface area contributed by atoms with E-state index in [1.54, 1.807) is 23.1 Å². The second-order valence-corrected chi connectivity index (χ2v) is 6.35. The van der Waals surface area contributed by atoms with Crippen molar-refractivity contribution >= 4 is 11.6 Å². The van der Waals surface area contributed by atoms with Crippen molar-refractivity contribution in [2.45, 2.75) is 18.8 Å². The Morgan fingerprint density at radius 2 is 1.75 bits per heavy atom. The first-order valence-corrected chi connectivity index (χ1v) is 8.35. The van der Waals surface area contributed by atoms with Gasteiger partial charge in [-0.1, -0.05) is 12.1 Å². The van der Waals surface area contributed by atoms with Gasteiger partial charge in [0.15, 0.2) is 5.69 Å². The third-order valence-electron chi connectivity index (χ3n) is 4.66. The van der Waals surface area contributed by atoms with Crippen molar-refractivity contribution in [1.29, 1.82) is 0 Å². The summed E-state index contributed by atoms with van der Waals surface area (Å²) in [5, 5.41) is 8.26. The fraction of sp³-hybridized carbons (Fsp3) is 0.389. The number of anilines is 1. The molecule has 1 aromatic carbocycles. The van der Waals surface area contributed by atoms with Crippen LogP contribution in [0, 0.1) is 5.82 Å². The number of piperazine rings is 1. The molecule has 1 saturated heterocycles. The molecule has 0 radical (unpaired) electrons. The van der Waals surface area contributed by atoms with Crippen molar-refractivity contribution < 1.29 is 9.18 Å². The minimum Gasteiger partial charge on any atom is -0.366 e. The SMILES string of the molecule is O=C(c1ccc(C2CC2)nn1)N1CCN(c2ccccc2F)CC1. The van der Waals surface area contributed by atoms with Crippen molar-refractivity contribution in [1.82, 2.24) is 15.1 Å². The minimum atomic E-state index is -0.223. The molecular formula is C18H19FN4O. The van der Waals surface area contributed by atoms with E-state index in [9.17, 15) is 9.18 Å². The number of para-hydroxylation sites is 1. The zero-order valence-electron chi connectivity index (χ0n) is 13.4. The molecule has 4 rings (SSSR count). The van der Waals surface area contributed by atoms with Crippen LogP contribution in [0.15, 0.2) is 36.4 Å². The van der Waals surface area contributed by atoms with Crippen LogP contribution in [0.1, 0.15) is 34.9 Å². The maximum Gasteiger partial charge on any atom is 0.274 e. The second-order valence-electron chi connectivity index (χ2n) is 6.35. The number of halogens is 1. The van der Waals surface area contributed by atoms with Crippen molar-refractivity contribution in [2.75, 3.05) is 31.1 Å². The second kappa shape index (κ2) is 6.19. The Morgan fingerprint density at radius 3 is 2.38 bits per heavy atom. The molecule has 2 aliphatic rings. The number of aromatic nitrogens is 2. The number of carbonyl (C=O) groups is 1. The molecule has 2 aromatic rings. The predicted molar refractivity (Wildman–Crippen MR) is 88.5 cm³/mol. The van der Waals surface area contributed by atoms with Gasteiger partial charge in [-0.3, -0.25) is 4.79 Å². The van der Waals surface area contributed by atoms with Gasteiger partial charge >= 0.3 is 0 Å². The van der Waals surface area contributed by atoms with E-state index in [0.717, 1.165) is 5.69 Å². The predicted octanol–water partition coefficient (Wildman–Crippen LogP) is 2.46. The van der Waals surface area contributed by atoms with Gasteiger partial charge in [0.25, 0.3) is 5.91 Å². The number of rotatable bonds is 3. The Kier molecular flexibility index (Phi) is 3.88. The van der Waals surface area contributed by atoms with E-state index in [4.69, 9.17) is 0 Å². The summed E-state index contributed by atoms with van der Waals surface area (Å²) >= 11 is 0. The fourth-order valence-corrected chi connectivity index (χ4v) is 3.07. The van der Waals surface area contributed by atoms with Crippen LogP contribution >= 0.6 is 0 Å². The molecule has 124 valence electrons. The molecule has 1 aliphatic carbocycles. The van der Waals surface area contributed by atoms with Gasteiger partial charge in [-0.15, -0.1) is 5.10 Å². The number of benzene rings is 1. The van der Waals surface area contributed by atoms with Gasteiger partial charge in [0.05, 0.1) is 11.4 Å². The molecule has 0 bridgehead atoms. The summed E-state index contributed by atoms with van der Waals surface area (Å²) in [6.07, 6.45) is 2.33. The quantitative estimate of drug-likeness (QED) is 0.869. The van der Waals surface area contributed by atoms with Gasteiger partial charge < -0.3 is 9.80 Å². The lowest BCUT2D eigenvalue weighted by atomic mass is 10.2. The van der Waals surface area contributed by atoms with Crippen LogP contribution in [0.3, 0.4) is 0 Å². The van der Waals surface area contributed by atoms with E-state index in [2.05, 4.69) is 10.2 Å². The summed E-state index contributed by atoms with van der Waals surface area (Å²) in [6.45, 7) is 2.33. The van der Waals surface area contributed by atoms with Crippen LogP contribution in [0.4, 0.5) is 10.1 Å². The third-order valence-corrected chi connectivity index (χ3v) is 4.66. The van der Waals surface area contributed by atoms with E-state index in [-0.39, 0.29) is 11.7 Å². The number of carbonyl (C=O) groups excluding carboxylic acids is 1. The Hall–Kier alpha value is -2.50. The summed E-state index contributed by atoms with van der Waals surface area (Å²) in [4.78, 5) is 16.3. The highest BCUT2D eigenvalue weighted by molar-refractivity contribution is 5.92. The molecule has 1 aliphatic heterocycles. The standard InChI is InChI=1S/C18H19FN4O/c19-14-3-1-2-4-17(14)22-9-11-23(12-10-22)18(24)16-8-7-15(20-21-16)13-5-6-13/h1-4,7-8,13H,5-6,9-12H2. The lowest BCUT2D eigenvalue weighted by molar-refractivity contribution is 0.0739. The molecule has 0 unspecified atom stereocenters. The normalized spacial score (nSPS) is 17.9. The highest BCUT2D eigenvalue weighted by atomic mass is 19.1.